The van der Waals surface area contributed by atoms with Gasteiger partial charge in [0, 0.05) is 17.4 Å². The number of pyridine rings is 1. The van der Waals surface area contributed by atoms with Crippen LogP contribution in [0.3, 0.4) is 0 Å². The standard InChI is InChI=1S/C26H25N3O2/c30-24(28-18-19-10-6-9-17-27-19)23-21-13-4-5-14-22(21)25(31)29(20-11-2-1-3-12-20)26(23)15-7-8-16-26/h1-6,9-14,17,23H,7-8,15-16,18H2,(H,28,30)/t23-/m0/s1. The molecule has 1 spiro atoms. The van der Waals surface area contributed by atoms with Gasteiger partial charge in [-0.05, 0) is 48.7 Å². The van der Waals surface area contributed by atoms with E-state index in [4.69, 9.17) is 0 Å². The van der Waals surface area contributed by atoms with Crippen LogP contribution in [-0.2, 0) is 11.3 Å². The molecule has 5 rings (SSSR count). The van der Waals surface area contributed by atoms with Crippen molar-refractivity contribution in [3.8, 4) is 0 Å². The minimum absolute atomic E-state index is 0.0162. The lowest BCUT2D eigenvalue weighted by Gasteiger charge is -2.50. The summed E-state index contributed by atoms with van der Waals surface area (Å²) in [5.41, 5.74) is 2.56. The Hall–Kier alpha value is -3.47. The van der Waals surface area contributed by atoms with Crippen LogP contribution in [0.5, 0.6) is 0 Å². The molecule has 1 N–H and O–H groups in total. The summed E-state index contributed by atoms with van der Waals surface area (Å²) in [5.74, 6) is -0.487. The van der Waals surface area contributed by atoms with Crippen LogP contribution >= 0.6 is 0 Å². The van der Waals surface area contributed by atoms with E-state index >= 15 is 0 Å². The number of para-hydroxylation sites is 1. The molecule has 3 aromatic rings. The molecule has 31 heavy (non-hydrogen) atoms. The van der Waals surface area contributed by atoms with E-state index in [9.17, 15) is 9.59 Å². The number of anilines is 1. The summed E-state index contributed by atoms with van der Waals surface area (Å²) in [5, 5.41) is 3.11. The van der Waals surface area contributed by atoms with Gasteiger partial charge in [0.1, 0.15) is 0 Å². The topological polar surface area (TPSA) is 62.3 Å². The molecule has 5 heteroatoms. The Balaban J connectivity index is 1.59. The van der Waals surface area contributed by atoms with Crippen molar-refractivity contribution in [2.45, 2.75) is 43.7 Å². The Labute approximate surface area is 182 Å². The maximum absolute atomic E-state index is 13.7. The van der Waals surface area contributed by atoms with Crippen molar-refractivity contribution in [2.75, 3.05) is 4.90 Å². The summed E-state index contributed by atoms with van der Waals surface area (Å²) in [7, 11) is 0. The first-order valence-corrected chi connectivity index (χ1v) is 10.9. The molecule has 5 nitrogen and oxygen atoms in total. The molecule has 1 saturated carbocycles. The fourth-order valence-electron chi connectivity index (χ4n) is 5.30. The molecule has 0 radical (unpaired) electrons. The predicted molar refractivity (Wildman–Crippen MR) is 120 cm³/mol. The van der Waals surface area contributed by atoms with Crippen molar-refractivity contribution in [1.82, 2.24) is 10.3 Å². The van der Waals surface area contributed by atoms with E-state index in [0.29, 0.717) is 12.1 Å². The van der Waals surface area contributed by atoms with Crippen molar-refractivity contribution in [3.63, 3.8) is 0 Å². The van der Waals surface area contributed by atoms with Gasteiger partial charge in [-0.2, -0.15) is 0 Å². The normalized spacial score (nSPS) is 19.3. The third kappa shape index (κ3) is 3.30. The molecule has 1 atom stereocenters. The van der Waals surface area contributed by atoms with Gasteiger partial charge in [-0.15, -0.1) is 0 Å². The Morgan fingerprint density at radius 2 is 1.68 bits per heavy atom. The number of aromatic nitrogens is 1. The van der Waals surface area contributed by atoms with Gasteiger partial charge < -0.3 is 10.2 Å². The van der Waals surface area contributed by atoms with E-state index in [1.54, 1.807) is 6.20 Å². The lowest BCUT2D eigenvalue weighted by atomic mass is 9.70. The number of nitrogens with one attached hydrogen (secondary N) is 1. The minimum Gasteiger partial charge on any atom is -0.350 e. The van der Waals surface area contributed by atoms with E-state index < -0.39 is 11.5 Å². The largest absolute Gasteiger partial charge is 0.350 e. The Kier molecular flexibility index (Phi) is 5.02. The number of benzene rings is 2. The average molecular weight is 412 g/mol. The number of hydrogen-bond acceptors (Lipinski definition) is 3. The van der Waals surface area contributed by atoms with Gasteiger partial charge in [0.05, 0.1) is 23.7 Å². The van der Waals surface area contributed by atoms with Crippen molar-refractivity contribution in [2.24, 2.45) is 0 Å². The molecule has 2 amide bonds. The molecule has 0 unspecified atom stereocenters. The minimum atomic E-state index is -0.555. The van der Waals surface area contributed by atoms with Gasteiger partial charge in [0.25, 0.3) is 5.91 Å². The van der Waals surface area contributed by atoms with Crippen LogP contribution in [0.25, 0.3) is 0 Å². The molecule has 1 aromatic heterocycles. The zero-order chi connectivity index (χ0) is 21.3. The second-order valence-corrected chi connectivity index (χ2v) is 8.35. The Morgan fingerprint density at radius 1 is 0.968 bits per heavy atom. The molecule has 1 aliphatic heterocycles. The van der Waals surface area contributed by atoms with Crippen LogP contribution < -0.4 is 10.2 Å². The number of carbonyl (C=O) groups is 2. The number of nitrogens with zero attached hydrogens (tertiary/aromatic N) is 2. The molecular formula is C26H25N3O2. The smallest absolute Gasteiger partial charge is 0.259 e. The van der Waals surface area contributed by atoms with Crippen LogP contribution in [0.15, 0.2) is 79.0 Å². The molecule has 0 bridgehead atoms. The maximum atomic E-state index is 13.7. The predicted octanol–water partition coefficient (Wildman–Crippen LogP) is 4.45. The van der Waals surface area contributed by atoms with Gasteiger partial charge >= 0.3 is 0 Å². The number of amides is 2. The zero-order valence-electron chi connectivity index (χ0n) is 17.3. The molecule has 156 valence electrons. The highest BCUT2D eigenvalue weighted by molar-refractivity contribution is 6.12. The van der Waals surface area contributed by atoms with Crippen molar-refractivity contribution < 1.29 is 9.59 Å². The molecule has 2 aromatic carbocycles. The van der Waals surface area contributed by atoms with E-state index in [-0.39, 0.29) is 11.8 Å². The maximum Gasteiger partial charge on any atom is 0.259 e. The first-order valence-electron chi connectivity index (χ1n) is 10.9. The summed E-state index contributed by atoms with van der Waals surface area (Å²) >= 11 is 0. The SMILES string of the molecule is O=C(NCc1ccccn1)[C@@H]1c2ccccc2C(=O)N(c2ccccc2)C12CCCC2. The van der Waals surface area contributed by atoms with Crippen molar-refractivity contribution in [3.05, 3.63) is 95.8 Å². The molecular weight excluding hydrogens is 386 g/mol. The van der Waals surface area contributed by atoms with Crippen LogP contribution in [-0.4, -0.2) is 22.3 Å². The summed E-state index contributed by atoms with van der Waals surface area (Å²) in [6.07, 6.45) is 5.35. The van der Waals surface area contributed by atoms with Gasteiger partial charge in [0.2, 0.25) is 5.91 Å². The van der Waals surface area contributed by atoms with Crippen molar-refractivity contribution >= 4 is 17.5 Å². The second kappa shape index (κ2) is 7.99. The molecule has 1 aliphatic carbocycles. The number of rotatable bonds is 4. The van der Waals surface area contributed by atoms with Crippen LogP contribution in [0, 0.1) is 0 Å². The van der Waals surface area contributed by atoms with E-state index in [0.717, 1.165) is 42.6 Å². The van der Waals surface area contributed by atoms with Gasteiger partial charge in [0.15, 0.2) is 0 Å². The number of carbonyl (C=O) groups excluding carboxylic acids is 2. The molecule has 0 saturated heterocycles. The molecule has 1 fully saturated rings. The van der Waals surface area contributed by atoms with Crippen LogP contribution in [0.2, 0.25) is 0 Å². The first-order chi connectivity index (χ1) is 15.2. The van der Waals surface area contributed by atoms with Gasteiger partial charge in [-0.3, -0.25) is 14.6 Å². The second-order valence-electron chi connectivity index (χ2n) is 8.35. The van der Waals surface area contributed by atoms with E-state index in [1.165, 1.54) is 0 Å². The summed E-state index contributed by atoms with van der Waals surface area (Å²) in [4.78, 5) is 33.6. The quantitative estimate of drug-likeness (QED) is 0.690. The third-order valence-electron chi connectivity index (χ3n) is 6.60. The number of fused-ring (bicyclic) bond motifs is 1. The highest BCUT2D eigenvalue weighted by Crippen LogP contribution is 2.51. The zero-order valence-corrected chi connectivity index (χ0v) is 17.3. The summed E-state index contributed by atoms with van der Waals surface area (Å²) < 4.78 is 0. The third-order valence-corrected chi connectivity index (χ3v) is 6.60. The highest BCUT2D eigenvalue weighted by Gasteiger charge is 2.56. The Morgan fingerprint density at radius 3 is 2.42 bits per heavy atom. The highest BCUT2D eigenvalue weighted by atomic mass is 16.2. The summed E-state index contributed by atoms with van der Waals surface area (Å²) in [6.45, 7) is 0.369. The molecule has 2 heterocycles. The lowest BCUT2D eigenvalue weighted by molar-refractivity contribution is -0.124. The fraction of sp³-hybridized carbons (Fsp3) is 0.269. The van der Waals surface area contributed by atoms with Crippen LogP contribution in [0.4, 0.5) is 5.69 Å². The summed E-state index contributed by atoms with van der Waals surface area (Å²) in [6, 6.07) is 23.0. The first kappa shape index (κ1) is 19.5. The monoisotopic (exact) mass is 411 g/mol. The van der Waals surface area contributed by atoms with Crippen molar-refractivity contribution in [1.29, 1.82) is 0 Å². The van der Waals surface area contributed by atoms with E-state index in [1.807, 2.05) is 77.7 Å². The van der Waals surface area contributed by atoms with Gasteiger partial charge in [-0.25, -0.2) is 0 Å². The fourth-order valence-corrected chi connectivity index (χ4v) is 5.30. The average Bonchev–Trinajstić information content (AvgIpc) is 3.28. The number of hydrogen-bond donors (Lipinski definition) is 1. The molecule has 2 aliphatic rings. The Bertz CT molecular complexity index is 1090. The van der Waals surface area contributed by atoms with Gasteiger partial charge in [-0.1, -0.05) is 55.3 Å². The van der Waals surface area contributed by atoms with Crippen LogP contribution in [0.1, 0.15) is 53.2 Å². The lowest BCUT2D eigenvalue weighted by Crippen LogP contribution is -2.61. The van der Waals surface area contributed by atoms with E-state index in [2.05, 4.69) is 10.3 Å².